The minimum absolute atomic E-state index is 0.120. The SMILES string of the molecule is CC1CCC(CN)(C(=O)NCc2ccc(Br)cc2)CC1. The molecule has 1 aliphatic carbocycles. The Morgan fingerprint density at radius 3 is 2.50 bits per heavy atom. The average Bonchev–Trinajstić information content (AvgIpc) is 2.47. The number of nitrogens with one attached hydrogen (secondary N) is 1. The largest absolute Gasteiger partial charge is 0.352 e. The van der Waals surface area contributed by atoms with Gasteiger partial charge in [0.05, 0.1) is 5.41 Å². The molecule has 3 N–H and O–H groups in total. The molecule has 0 saturated heterocycles. The van der Waals surface area contributed by atoms with E-state index in [0.29, 0.717) is 19.0 Å². The maximum atomic E-state index is 12.5. The molecule has 1 saturated carbocycles. The van der Waals surface area contributed by atoms with Crippen molar-refractivity contribution in [3.63, 3.8) is 0 Å². The summed E-state index contributed by atoms with van der Waals surface area (Å²) in [5.74, 6) is 0.837. The summed E-state index contributed by atoms with van der Waals surface area (Å²) < 4.78 is 1.05. The minimum atomic E-state index is -0.345. The van der Waals surface area contributed by atoms with Crippen LogP contribution in [-0.4, -0.2) is 12.5 Å². The van der Waals surface area contributed by atoms with Gasteiger partial charge in [0.1, 0.15) is 0 Å². The molecule has 0 heterocycles. The molecule has 110 valence electrons. The van der Waals surface area contributed by atoms with Crippen molar-refractivity contribution in [3.05, 3.63) is 34.3 Å². The quantitative estimate of drug-likeness (QED) is 0.885. The van der Waals surface area contributed by atoms with Gasteiger partial charge >= 0.3 is 0 Å². The molecule has 4 heteroatoms. The van der Waals surface area contributed by atoms with Gasteiger partial charge in [-0.2, -0.15) is 0 Å². The molecule has 0 atom stereocenters. The normalized spacial score (nSPS) is 26.2. The second-order valence-corrected chi connectivity index (χ2v) is 6.89. The molecular weight excluding hydrogens is 316 g/mol. The zero-order chi connectivity index (χ0) is 14.6. The summed E-state index contributed by atoms with van der Waals surface area (Å²) in [7, 11) is 0. The van der Waals surface area contributed by atoms with Crippen molar-refractivity contribution >= 4 is 21.8 Å². The van der Waals surface area contributed by atoms with Crippen LogP contribution in [0.15, 0.2) is 28.7 Å². The molecule has 0 bridgehead atoms. The molecular formula is C16H23BrN2O. The summed E-state index contributed by atoms with van der Waals surface area (Å²) in [4.78, 5) is 12.5. The van der Waals surface area contributed by atoms with Gasteiger partial charge in [0.2, 0.25) is 5.91 Å². The summed E-state index contributed by atoms with van der Waals surface area (Å²) in [5.41, 5.74) is 6.67. The van der Waals surface area contributed by atoms with Crippen molar-refractivity contribution in [1.82, 2.24) is 5.32 Å². The number of carbonyl (C=O) groups excluding carboxylic acids is 1. The van der Waals surface area contributed by atoms with Crippen LogP contribution in [0.3, 0.4) is 0 Å². The van der Waals surface area contributed by atoms with Crippen LogP contribution in [0, 0.1) is 11.3 Å². The van der Waals surface area contributed by atoms with Gasteiger partial charge in [-0.25, -0.2) is 0 Å². The predicted octanol–water partition coefficient (Wildman–Crippen LogP) is 3.22. The maximum absolute atomic E-state index is 12.5. The zero-order valence-corrected chi connectivity index (χ0v) is 13.6. The molecule has 1 aliphatic rings. The van der Waals surface area contributed by atoms with Crippen molar-refractivity contribution < 1.29 is 4.79 Å². The molecule has 1 aromatic rings. The number of benzene rings is 1. The van der Waals surface area contributed by atoms with Crippen molar-refractivity contribution in [2.24, 2.45) is 17.1 Å². The number of rotatable bonds is 4. The first-order chi connectivity index (χ1) is 9.55. The van der Waals surface area contributed by atoms with E-state index in [1.54, 1.807) is 0 Å². The Balaban J connectivity index is 1.94. The number of hydrogen-bond donors (Lipinski definition) is 2. The highest BCUT2D eigenvalue weighted by Crippen LogP contribution is 2.38. The van der Waals surface area contributed by atoms with Gasteiger partial charge in [-0.15, -0.1) is 0 Å². The molecule has 1 amide bonds. The lowest BCUT2D eigenvalue weighted by molar-refractivity contribution is -0.133. The molecule has 3 nitrogen and oxygen atoms in total. The maximum Gasteiger partial charge on any atom is 0.227 e. The van der Waals surface area contributed by atoms with Crippen molar-refractivity contribution in [3.8, 4) is 0 Å². The molecule has 1 aromatic carbocycles. The summed E-state index contributed by atoms with van der Waals surface area (Å²) in [6.45, 7) is 3.27. The minimum Gasteiger partial charge on any atom is -0.352 e. The van der Waals surface area contributed by atoms with E-state index in [9.17, 15) is 4.79 Å². The van der Waals surface area contributed by atoms with Gasteiger partial charge in [-0.1, -0.05) is 35.0 Å². The standard InChI is InChI=1S/C16H23BrN2O/c1-12-6-8-16(11-18,9-7-12)15(20)19-10-13-2-4-14(17)5-3-13/h2-5,12H,6-11,18H2,1H3,(H,19,20). The van der Waals surface area contributed by atoms with Crippen LogP contribution in [0.5, 0.6) is 0 Å². The predicted molar refractivity (Wildman–Crippen MR) is 85.1 cm³/mol. The Bertz CT molecular complexity index is 450. The first-order valence-corrected chi connectivity index (χ1v) is 8.08. The topological polar surface area (TPSA) is 55.1 Å². The highest BCUT2D eigenvalue weighted by molar-refractivity contribution is 9.10. The summed E-state index contributed by atoms with van der Waals surface area (Å²) in [6.07, 6.45) is 4.03. The Morgan fingerprint density at radius 2 is 1.95 bits per heavy atom. The fraction of sp³-hybridized carbons (Fsp3) is 0.562. The van der Waals surface area contributed by atoms with E-state index in [1.165, 1.54) is 0 Å². The lowest BCUT2D eigenvalue weighted by atomic mass is 9.70. The van der Waals surface area contributed by atoms with Gasteiger partial charge in [-0.05, 0) is 49.3 Å². The Hall–Kier alpha value is -0.870. The lowest BCUT2D eigenvalue weighted by Crippen LogP contribution is -2.47. The molecule has 2 rings (SSSR count). The van der Waals surface area contributed by atoms with Crippen LogP contribution in [0.2, 0.25) is 0 Å². The van der Waals surface area contributed by atoms with E-state index in [1.807, 2.05) is 24.3 Å². The van der Waals surface area contributed by atoms with E-state index in [0.717, 1.165) is 35.7 Å². The third-order valence-corrected chi connectivity index (χ3v) is 5.00. The molecule has 1 fully saturated rings. The number of carbonyl (C=O) groups is 1. The van der Waals surface area contributed by atoms with E-state index >= 15 is 0 Å². The zero-order valence-electron chi connectivity index (χ0n) is 12.0. The van der Waals surface area contributed by atoms with E-state index in [4.69, 9.17) is 5.73 Å². The molecule has 0 spiro atoms. The first-order valence-electron chi connectivity index (χ1n) is 7.28. The third-order valence-electron chi connectivity index (χ3n) is 4.47. The second kappa shape index (κ2) is 6.72. The molecule has 0 aromatic heterocycles. The van der Waals surface area contributed by atoms with Gasteiger partial charge in [0, 0.05) is 17.6 Å². The van der Waals surface area contributed by atoms with Crippen molar-refractivity contribution in [1.29, 1.82) is 0 Å². The lowest BCUT2D eigenvalue weighted by Gasteiger charge is -2.37. The summed E-state index contributed by atoms with van der Waals surface area (Å²) >= 11 is 3.41. The summed E-state index contributed by atoms with van der Waals surface area (Å²) in [5, 5.41) is 3.06. The number of halogens is 1. The van der Waals surface area contributed by atoms with Gasteiger partial charge in [-0.3, -0.25) is 4.79 Å². The monoisotopic (exact) mass is 338 g/mol. The second-order valence-electron chi connectivity index (χ2n) is 5.98. The molecule has 0 radical (unpaired) electrons. The number of nitrogens with two attached hydrogens (primary N) is 1. The molecule has 0 aliphatic heterocycles. The van der Waals surface area contributed by atoms with E-state index in [2.05, 4.69) is 28.2 Å². The Morgan fingerprint density at radius 1 is 1.35 bits per heavy atom. The van der Waals surface area contributed by atoms with Crippen molar-refractivity contribution in [2.75, 3.05) is 6.54 Å². The Kier molecular flexibility index (Phi) is 5.22. The Labute approximate surface area is 129 Å². The average molecular weight is 339 g/mol. The van der Waals surface area contributed by atoms with Crippen LogP contribution >= 0.6 is 15.9 Å². The van der Waals surface area contributed by atoms with Crippen molar-refractivity contribution in [2.45, 2.75) is 39.2 Å². The first kappa shape index (κ1) is 15.5. The molecule has 20 heavy (non-hydrogen) atoms. The van der Waals surface area contributed by atoms with Crippen LogP contribution in [-0.2, 0) is 11.3 Å². The van der Waals surface area contributed by atoms with E-state index < -0.39 is 0 Å². The van der Waals surface area contributed by atoms with Crippen LogP contribution in [0.25, 0.3) is 0 Å². The van der Waals surface area contributed by atoms with Gasteiger partial charge in [0.25, 0.3) is 0 Å². The fourth-order valence-corrected chi connectivity index (χ4v) is 3.08. The molecule has 0 unspecified atom stereocenters. The highest BCUT2D eigenvalue weighted by Gasteiger charge is 2.39. The third kappa shape index (κ3) is 3.61. The van der Waals surface area contributed by atoms with E-state index in [-0.39, 0.29) is 11.3 Å². The number of amides is 1. The van der Waals surface area contributed by atoms with Gasteiger partial charge < -0.3 is 11.1 Å². The van der Waals surface area contributed by atoms with Gasteiger partial charge in [0.15, 0.2) is 0 Å². The van der Waals surface area contributed by atoms with Crippen LogP contribution in [0.4, 0.5) is 0 Å². The smallest absolute Gasteiger partial charge is 0.227 e. The highest BCUT2D eigenvalue weighted by atomic mass is 79.9. The number of hydrogen-bond acceptors (Lipinski definition) is 2. The summed E-state index contributed by atoms with van der Waals surface area (Å²) in [6, 6.07) is 8.01. The van der Waals surface area contributed by atoms with Crippen LogP contribution < -0.4 is 11.1 Å². The fourth-order valence-electron chi connectivity index (χ4n) is 2.81. The van der Waals surface area contributed by atoms with Crippen LogP contribution in [0.1, 0.15) is 38.2 Å².